The zero-order valence-electron chi connectivity index (χ0n) is 16.7. The molecule has 0 amide bonds. The van der Waals surface area contributed by atoms with Gasteiger partial charge in [0.2, 0.25) is 0 Å². The van der Waals surface area contributed by atoms with Gasteiger partial charge in [0.1, 0.15) is 5.65 Å². The first-order valence-electron chi connectivity index (χ1n) is 10.6. The molecule has 0 unspecified atom stereocenters. The molecule has 0 radical (unpaired) electrons. The molecular formula is C24H29BrN2O. The maximum absolute atomic E-state index is 5.97. The molecule has 1 fully saturated rings. The van der Waals surface area contributed by atoms with Crippen LogP contribution in [0.4, 0.5) is 0 Å². The van der Waals surface area contributed by atoms with Crippen LogP contribution in [-0.4, -0.2) is 16.2 Å². The van der Waals surface area contributed by atoms with Crippen LogP contribution < -0.4 is 0 Å². The monoisotopic (exact) mass is 440 g/mol. The molecule has 1 saturated carbocycles. The molecule has 0 N–H and O–H groups in total. The van der Waals surface area contributed by atoms with Crippen molar-refractivity contribution in [3.8, 4) is 0 Å². The fraction of sp³-hybridized carbons (Fsp3) is 0.458. The largest absolute Gasteiger partial charge is 0.375 e. The number of hydrogen-bond acceptors (Lipinski definition) is 2. The maximum atomic E-state index is 5.97. The number of hydrogen-bond donors (Lipinski definition) is 0. The molecule has 2 aromatic heterocycles. The van der Waals surface area contributed by atoms with Gasteiger partial charge in [-0.15, -0.1) is 0 Å². The summed E-state index contributed by atoms with van der Waals surface area (Å²) in [5.74, 6) is 0.645. The van der Waals surface area contributed by atoms with Gasteiger partial charge in [-0.25, -0.2) is 4.98 Å². The first-order valence-corrected chi connectivity index (χ1v) is 11.4. The molecular weight excluding hydrogens is 412 g/mol. The van der Waals surface area contributed by atoms with E-state index in [-0.39, 0.29) is 0 Å². The van der Waals surface area contributed by atoms with Crippen molar-refractivity contribution in [2.24, 2.45) is 0 Å². The van der Waals surface area contributed by atoms with Crippen LogP contribution >= 0.6 is 15.9 Å². The normalized spacial score (nSPS) is 15.4. The van der Waals surface area contributed by atoms with Crippen LogP contribution in [0.3, 0.4) is 0 Å². The van der Waals surface area contributed by atoms with Crippen molar-refractivity contribution < 1.29 is 4.74 Å². The van der Waals surface area contributed by atoms with Crippen LogP contribution in [-0.2, 0) is 24.3 Å². The third-order valence-electron chi connectivity index (χ3n) is 5.88. The Bertz CT molecular complexity index is 913. The van der Waals surface area contributed by atoms with Crippen LogP contribution in [0.2, 0.25) is 0 Å². The third kappa shape index (κ3) is 4.18. The average molecular weight is 441 g/mol. The summed E-state index contributed by atoms with van der Waals surface area (Å²) in [6, 6.07) is 14.8. The Morgan fingerprint density at radius 1 is 1.07 bits per heavy atom. The van der Waals surface area contributed by atoms with Gasteiger partial charge in [-0.1, -0.05) is 56.5 Å². The molecule has 1 aliphatic carbocycles. The van der Waals surface area contributed by atoms with Gasteiger partial charge in [-0.05, 0) is 64.4 Å². The minimum absolute atomic E-state index is 0.645. The summed E-state index contributed by atoms with van der Waals surface area (Å²) in [5.41, 5.74) is 4.94. The predicted octanol–water partition coefficient (Wildman–Crippen LogP) is 6.63. The van der Waals surface area contributed by atoms with E-state index in [2.05, 4.69) is 63.8 Å². The van der Waals surface area contributed by atoms with Crippen molar-refractivity contribution in [2.75, 3.05) is 6.61 Å². The quantitative estimate of drug-likeness (QED) is 0.385. The molecule has 1 aromatic carbocycles. The molecule has 0 atom stereocenters. The van der Waals surface area contributed by atoms with Crippen LogP contribution in [0, 0.1) is 0 Å². The number of halogens is 1. The Morgan fingerprint density at radius 3 is 2.61 bits per heavy atom. The minimum atomic E-state index is 0.645. The summed E-state index contributed by atoms with van der Waals surface area (Å²) in [5, 5.41) is 1.32. The lowest BCUT2D eigenvalue weighted by atomic mass is 9.84. The Hall–Kier alpha value is -1.65. The molecule has 2 heterocycles. The fourth-order valence-corrected chi connectivity index (χ4v) is 5.24. The summed E-state index contributed by atoms with van der Waals surface area (Å²) < 4.78 is 9.50. The van der Waals surface area contributed by atoms with Crippen molar-refractivity contribution in [1.82, 2.24) is 9.55 Å². The predicted molar refractivity (Wildman–Crippen MR) is 119 cm³/mol. The summed E-state index contributed by atoms with van der Waals surface area (Å²) in [7, 11) is 0. The lowest BCUT2D eigenvalue weighted by Crippen LogP contribution is -2.08. The molecule has 28 heavy (non-hydrogen) atoms. The number of rotatable bonds is 7. The van der Waals surface area contributed by atoms with E-state index in [1.165, 1.54) is 53.2 Å². The first-order chi connectivity index (χ1) is 13.8. The van der Waals surface area contributed by atoms with Crippen molar-refractivity contribution in [1.29, 1.82) is 0 Å². The second-order valence-corrected chi connectivity index (χ2v) is 8.51. The average Bonchev–Trinajstić information content (AvgIpc) is 3.03. The highest BCUT2D eigenvalue weighted by Gasteiger charge is 2.25. The molecule has 0 aliphatic heterocycles. The van der Waals surface area contributed by atoms with Crippen LogP contribution in [0.25, 0.3) is 11.0 Å². The number of aryl methyl sites for hydroxylation is 1. The Balaban J connectivity index is 1.57. The summed E-state index contributed by atoms with van der Waals surface area (Å²) in [6.07, 6.45) is 7.59. The Labute approximate surface area is 176 Å². The highest BCUT2D eigenvalue weighted by molar-refractivity contribution is 9.10. The van der Waals surface area contributed by atoms with Gasteiger partial charge in [0.25, 0.3) is 0 Å². The molecule has 4 heteroatoms. The number of pyridine rings is 1. The third-order valence-corrected chi connectivity index (χ3v) is 6.74. The molecule has 0 saturated heterocycles. The van der Waals surface area contributed by atoms with E-state index in [4.69, 9.17) is 9.72 Å². The van der Waals surface area contributed by atoms with Crippen molar-refractivity contribution >= 4 is 27.0 Å². The second-order valence-electron chi connectivity index (χ2n) is 7.76. The van der Waals surface area contributed by atoms with Gasteiger partial charge in [0.05, 0.1) is 17.8 Å². The van der Waals surface area contributed by atoms with E-state index in [1.54, 1.807) is 0 Å². The van der Waals surface area contributed by atoms with Gasteiger partial charge in [0, 0.05) is 17.6 Å². The topological polar surface area (TPSA) is 27.1 Å². The van der Waals surface area contributed by atoms with E-state index < -0.39 is 0 Å². The van der Waals surface area contributed by atoms with Gasteiger partial charge in [-0.3, -0.25) is 0 Å². The van der Waals surface area contributed by atoms with Gasteiger partial charge in [-0.2, -0.15) is 0 Å². The number of ether oxygens (including phenoxy) is 1. The van der Waals surface area contributed by atoms with E-state index in [0.717, 1.165) is 24.3 Å². The molecule has 148 valence electrons. The smallest absolute Gasteiger partial charge is 0.141 e. The summed E-state index contributed by atoms with van der Waals surface area (Å²) >= 11 is 3.94. The van der Waals surface area contributed by atoms with Gasteiger partial charge in [0.15, 0.2) is 0 Å². The highest BCUT2D eigenvalue weighted by atomic mass is 79.9. The summed E-state index contributed by atoms with van der Waals surface area (Å²) in [4.78, 5) is 4.98. The molecule has 4 rings (SSSR count). The molecule has 0 spiro atoms. The van der Waals surface area contributed by atoms with Crippen LogP contribution in [0.15, 0.2) is 47.1 Å². The SMILES string of the molecule is CCc1ccc2c(C3CCCCC3)c(Br)n(CCOCc3ccccc3)c2n1. The van der Waals surface area contributed by atoms with Crippen LogP contribution in [0.1, 0.15) is 61.8 Å². The van der Waals surface area contributed by atoms with E-state index in [0.29, 0.717) is 19.1 Å². The van der Waals surface area contributed by atoms with Gasteiger partial charge < -0.3 is 9.30 Å². The second kappa shape index (κ2) is 9.23. The Kier molecular flexibility index (Phi) is 6.48. The molecule has 3 nitrogen and oxygen atoms in total. The number of benzene rings is 1. The number of nitrogens with zero attached hydrogens (tertiary/aromatic N) is 2. The standard InChI is InChI=1S/C24H29BrN2O/c1-2-20-13-14-21-22(19-11-7-4-8-12-19)23(25)27(24(21)26-20)15-16-28-17-18-9-5-3-6-10-18/h3,5-6,9-10,13-14,19H,2,4,7-8,11-12,15-17H2,1H3. The zero-order valence-corrected chi connectivity index (χ0v) is 18.2. The first kappa shape index (κ1) is 19.7. The number of fused-ring (bicyclic) bond motifs is 1. The van der Waals surface area contributed by atoms with Crippen molar-refractivity contribution in [3.05, 3.63) is 63.9 Å². The van der Waals surface area contributed by atoms with Crippen molar-refractivity contribution in [2.45, 2.75) is 64.5 Å². The van der Waals surface area contributed by atoms with E-state index in [9.17, 15) is 0 Å². The van der Waals surface area contributed by atoms with E-state index >= 15 is 0 Å². The minimum Gasteiger partial charge on any atom is -0.375 e. The molecule has 0 bridgehead atoms. The van der Waals surface area contributed by atoms with Crippen molar-refractivity contribution in [3.63, 3.8) is 0 Å². The van der Waals surface area contributed by atoms with Crippen LogP contribution in [0.5, 0.6) is 0 Å². The van der Waals surface area contributed by atoms with Gasteiger partial charge >= 0.3 is 0 Å². The lowest BCUT2D eigenvalue weighted by Gasteiger charge is -2.22. The Morgan fingerprint density at radius 2 is 1.86 bits per heavy atom. The molecule has 3 aromatic rings. The van der Waals surface area contributed by atoms with E-state index in [1.807, 2.05) is 6.07 Å². The summed E-state index contributed by atoms with van der Waals surface area (Å²) in [6.45, 7) is 4.32. The fourth-order valence-electron chi connectivity index (χ4n) is 4.35. The number of aromatic nitrogens is 2. The highest BCUT2D eigenvalue weighted by Crippen LogP contribution is 2.41. The lowest BCUT2D eigenvalue weighted by molar-refractivity contribution is 0.113. The molecule has 1 aliphatic rings. The zero-order chi connectivity index (χ0) is 19.3. The maximum Gasteiger partial charge on any atom is 0.141 e.